The molecule has 0 spiro atoms. The van der Waals surface area contributed by atoms with Gasteiger partial charge in [0.05, 0.1) is 25.9 Å². The molecule has 10 N–H and O–H groups in total. The van der Waals surface area contributed by atoms with Gasteiger partial charge in [-0.05, 0) is 11.1 Å². The summed E-state index contributed by atoms with van der Waals surface area (Å²) in [5.41, 5.74) is 12.1. The Bertz CT molecular complexity index is 1050. The fourth-order valence-electron chi connectivity index (χ4n) is 2.31. The first-order valence-electron chi connectivity index (χ1n) is 11.8. The summed E-state index contributed by atoms with van der Waals surface area (Å²) in [6.07, 6.45) is 0.514. The van der Waals surface area contributed by atoms with Crippen LogP contribution in [0.25, 0.3) is 0 Å². The van der Waals surface area contributed by atoms with Gasteiger partial charge < -0.3 is 50.3 Å². The van der Waals surface area contributed by atoms with Crippen LogP contribution in [0.15, 0.2) is 60.7 Å². The predicted molar refractivity (Wildman–Crippen MR) is 148 cm³/mol. The number of carbonyl (C=O) groups excluding carboxylic acids is 4. The van der Waals surface area contributed by atoms with Crippen LogP contribution >= 0.6 is 15.6 Å². The number of nitrogens with two attached hydrogens (primary N) is 2. The van der Waals surface area contributed by atoms with Crippen LogP contribution in [0.4, 0.5) is 0 Å². The normalized spacial score (nSPS) is 10.3. The topological polar surface area (TPSA) is 294 Å². The van der Waals surface area contributed by atoms with Crippen molar-refractivity contribution >= 4 is 39.2 Å². The number of esters is 2. The number of hydrogen-bond acceptors (Lipinski definition) is 10. The molecule has 0 aliphatic carbocycles. The van der Waals surface area contributed by atoms with Crippen LogP contribution in [-0.2, 0) is 51.0 Å². The first kappa shape index (κ1) is 41.0. The SMILES string of the molecule is NCC(=O)CCC(=O)OCc1ccccc1.NCC(=O)CCC(=O)OCc1ccccc1.O=P(O)(O)O.O=P(O)(O)O. The second kappa shape index (κ2) is 23.4. The van der Waals surface area contributed by atoms with Gasteiger partial charge in [-0.15, -0.1) is 0 Å². The Kier molecular flexibility index (Phi) is 22.9. The van der Waals surface area contributed by atoms with Crippen LogP contribution in [0.5, 0.6) is 0 Å². The summed E-state index contributed by atoms with van der Waals surface area (Å²) >= 11 is 0. The molecule has 42 heavy (non-hydrogen) atoms. The van der Waals surface area contributed by atoms with E-state index in [9.17, 15) is 19.2 Å². The maximum absolute atomic E-state index is 11.2. The number of hydrogen-bond donors (Lipinski definition) is 8. The van der Waals surface area contributed by atoms with Crippen molar-refractivity contribution in [1.29, 1.82) is 0 Å². The highest BCUT2D eigenvalue weighted by molar-refractivity contribution is 7.45. The molecule has 0 bridgehead atoms. The van der Waals surface area contributed by atoms with Gasteiger partial charge in [-0.3, -0.25) is 19.2 Å². The molecule has 236 valence electrons. The fraction of sp³-hybridized carbons (Fsp3) is 0.333. The molecule has 2 aromatic carbocycles. The third-order valence-corrected chi connectivity index (χ3v) is 4.16. The third-order valence-electron chi connectivity index (χ3n) is 4.16. The van der Waals surface area contributed by atoms with E-state index < -0.39 is 15.6 Å². The quantitative estimate of drug-likeness (QED) is 0.114. The monoisotopic (exact) mass is 638 g/mol. The summed E-state index contributed by atoms with van der Waals surface area (Å²) in [6.45, 7) is 0.449. The summed E-state index contributed by atoms with van der Waals surface area (Å²) in [6, 6.07) is 18.8. The van der Waals surface area contributed by atoms with Gasteiger partial charge >= 0.3 is 27.6 Å². The van der Waals surface area contributed by atoms with Crippen molar-refractivity contribution in [2.75, 3.05) is 13.1 Å². The van der Waals surface area contributed by atoms with Crippen molar-refractivity contribution in [3.63, 3.8) is 0 Å². The standard InChI is InChI=1S/2C12H15NO3.2H3O4P/c2*13-8-11(14)6-7-12(15)16-9-10-4-2-1-3-5-10;2*1-5(2,3)4/h2*1-5H,6-9,13H2;2*(H3,1,2,3,4). The third kappa shape index (κ3) is 34.9. The van der Waals surface area contributed by atoms with Crippen molar-refractivity contribution in [1.82, 2.24) is 0 Å². The molecule has 0 saturated heterocycles. The zero-order valence-electron chi connectivity index (χ0n) is 22.4. The van der Waals surface area contributed by atoms with Crippen molar-refractivity contribution in [2.24, 2.45) is 11.5 Å². The minimum absolute atomic E-state index is 0.0219. The second-order valence-electron chi connectivity index (χ2n) is 7.80. The van der Waals surface area contributed by atoms with Crippen LogP contribution in [0, 0.1) is 0 Å². The molecular formula is C24H36N2O14P2. The van der Waals surface area contributed by atoms with Gasteiger partial charge in [0, 0.05) is 12.8 Å². The van der Waals surface area contributed by atoms with E-state index >= 15 is 0 Å². The number of phosphoric acid groups is 2. The van der Waals surface area contributed by atoms with Gasteiger partial charge in [-0.2, -0.15) is 0 Å². The summed E-state index contributed by atoms with van der Waals surface area (Å²) in [5.74, 6) is -0.996. The zero-order chi connectivity index (χ0) is 32.6. The molecular weight excluding hydrogens is 602 g/mol. The lowest BCUT2D eigenvalue weighted by Crippen LogP contribution is -2.15. The van der Waals surface area contributed by atoms with Gasteiger partial charge in [-0.1, -0.05) is 60.7 Å². The molecule has 18 heteroatoms. The molecule has 0 heterocycles. The predicted octanol–water partition coefficient (Wildman–Crippen LogP) is 0.218. The molecule has 0 aromatic heterocycles. The van der Waals surface area contributed by atoms with Gasteiger partial charge in [0.2, 0.25) is 0 Å². The van der Waals surface area contributed by atoms with Crippen LogP contribution in [-0.4, -0.2) is 66.0 Å². The Morgan fingerprint density at radius 3 is 1.05 bits per heavy atom. The van der Waals surface area contributed by atoms with E-state index in [1.54, 1.807) is 0 Å². The lowest BCUT2D eigenvalue weighted by molar-refractivity contribution is -0.146. The molecule has 0 unspecified atom stereocenters. The minimum atomic E-state index is -4.64. The van der Waals surface area contributed by atoms with Crippen LogP contribution in [0.3, 0.4) is 0 Å². The second-order valence-corrected chi connectivity index (χ2v) is 9.86. The summed E-state index contributed by atoms with van der Waals surface area (Å²) in [4.78, 5) is 87.3. The summed E-state index contributed by atoms with van der Waals surface area (Å²) in [7, 11) is -9.28. The van der Waals surface area contributed by atoms with Crippen LogP contribution < -0.4 is 11.5 Å². The van der Waals surface area contributed by atoms with Crippen molar-refractivity contribution in [3.8, 4) is 0 Å². The number of rotatable bonds is 12. The lowest BCUT2D eigenvalue weighted by Gasteiger charge is -2.04. The maximum Gasteiger partial charge on any atom is 0.466 e. The van der Waals surface area contributed by atoms with E-state index in [1.165, 1.54) is 0 Å². The Morgan fingerprint density at radius 1 is 0.548 bits per heavy atom. The molecule has 0 amide bonds. The Balaban J connectivity index is 0. The number of Topliss-reactive ketones (excluding diaryl/α,β-unsaturated/α-hetero) is 2. The van der Waals surface area contributed by atoms with Crippen molar-refractivity contribution in [3.05, 3.63) is 71.8 Å². The van der Waals surface area contributed by atoms with E-state index in [1.807, 2.05) is 60.7 Å². The maximum atomic E-state index is 11.2. The molecule has 0 saturated carbocycles. The minimum Gasteiger partial charge on any atom is -0.461 e. The average molecular weight is 639 g/mol. The van der Waals surface area contributed by atoms with Crippen LogP contribution in [0.1, 0.15) is 36.8 Å². The zero-order valence-corrected chi connectivity index (χ0v) is 24.2. The molecule has 0 aliphatic heterocycles. The van der Waals surface area contributed by atoms with E-state index in [4.69, 9.17) is 59.4 Å². The van der Waals surface area contributed by atoms with E-state index in [0.717, 1.165) is 11.1 Å². The summed E-state index contributed by atoms with van der Waals surface area (Å²) < 4.78 is 27.7. The highest BCUT2D eigenvalue weighted by atomic mass is 31.2. The molecule has 0 radical (unpaired) electrons. The average Bonchev–Trinajstić information content (AvgIpc) is 2.92. The Morgan fingerprint density at radius 2 is 0.810 bits per heavy atom. The highest BCUT2D eigenvalue weighted by Crippen LogP contribution is 2.26. The largest absolute Gasteiger partial charge is 0.466 e. The summed E-state index contributed by atoms with van der Waals surface area (Å²) in [5, 5.41) is 0. The van der Waals surface area contributed by atoms with Crippen LogP contribution in [0.2, 0.25) is 0 Å². The first-order chi connectivity index (χ1) is 19.4. The van der Waals surface area contributed by atoms with Gasteiger partial charge in [0.25, 0.3) is 0 Å². The van der Waals surface area contributed by atoms with Crippen molar-refractivity contribution < 1.29 is 67.1 Å². The van der Waals surface area contributed by atoms with Gasteiger partial charge in [-0.25, -0.2) is 9.13 Å². The molecule has 0 atom stereocenters. The number of ketones is 2. The Hall–Kier alpha value is -3.14. The molecule has 0 aliphatic rings. The fourth-order valence-corrected chi connectivity index (χ4v) is 2.31. The van der Waals surface area contributed by atoms with E-state index in [2.05, 4.69) is 0 Å². The molecule has 2 rings (SSSR count). The highest BCUT2D eigenvalue weighted by Gasteiger charge is 2.08. The Labute approximate surface area is 241 Å². The smallest absolute Gasteiger partial charge is 0.461 e. The lowest BCUT2D eigenvalue weighted by atomic mass is 10.2. The molecule has 0 fully saturated rings. The number of carbonyl (C=O) groups is 4. The molecule has 16 nitrogen and oxygen atoms in total. The van der Waals surface area contributed by atoms with Gasteiger partial charge in [0.15, 0.2) is 0 Å². The number of benzene rings is 2. The van der Waals surface area contributed by atoms with Gasteiger partial charge in [0.1, 0.15) is 24.8 Å². The molecule has 2 aromatic rings. The van der Waals surface area contributed by atoms with Crippen molar-refractivity contribution in [2.45, 2.75) is 38.9 Å². The number of ether oxygens (including phenoxy) is 2. The van der Waals surface area contributed by atoms with E-state index in [0.29, 0.717) is 0 Å². The first-order valence-corrected chi connectivity index (χ1v) is 15.0. The van der Waals surface area contributed by atoms with E-state index in [-0.39, 0.29) is 75.5 Å².